The Morgan fingerprint density at radius 3 is 2.55 bits per heavy atom. The number of nitrogens with one attached hydrogen (secondary N) is 1. The number of benzene rings is 3. The number of hydrogen-bond acceptors (Lipinski definition) is 6. The predicted octanol–water partition coefficient (Wildman–Crippen LogP) is 4.15. The summed E-state index contributed by atoms with van der Waals surface area (Å²) in [5.74, 6) is -0.116. The highest BCUT2D eigenvalue weighted by Crippen LogP contribution is 2.36. The van der Waals surface area contributed by atoms with Crippen molar-refractivity contribution in [2.75, 3.05) is 11.1 Å². The number of ketones is 1. The number of nitrogens with two attached hydrogens (primary N) is 1. The van der Waals surface area contributed by atoms with E-state index in [0.717, 1.165) is 16.5 Å². The molecule has 1 heterocycles. The number of phenols is 1. The molecule has 4 rings (SSSR count). The molecule has 1 atom stereocenters. The Hall–Kier alpha value is -3.09. The maximum Gasteiger partial charge on any atom is 0.183 e. The van der Waals surface area contributed by atoms with Crippen LogP contribution in [0.15, 0.2) is 66.7 Å². The minimum absolute atomic E-state index is 0.0362. The van der Waals surface area contributed by atoms with Crippen LogP contribution < -0.4 is 11.1 Å². The number of thiol groups is 1. The maximum absolute atomic E-state index is 13.2. The molecule has 0 radical (unpaired) electrons. The quantitative estimate of drug-likeness (QED) is 0.168. The highest BCUT2D eigenvalue weighted by atomic mass is 32.1. The van der Waals surface area contributed by atoms with Crippen molar-refractivity contribution in [3.8, 4) is 5.75 Å². The third-order valence-corrected chi connectivity index (χ3v) is 5.29. The minimum Gasteiger partial charge on any atom is -0.506 e. The van der Waals surface area contributed by atoms with Crippen molar-refractivity contribution in [1.29, 1.82) is 0 Å². The van der Waals surface area contributed by atoms with Crippen LogP contribution in [-0.2, 0) is 6.54 Å². The zero-order chi connectivity index (χ0) is 20.4. The normalized spacial score (nSPS) is 12.2. The van der Waals surface area contributed by atoms with Crippen molar-refractivity contribution in [3.05, 3.63) is 77.9 Å². The average molecular weight is 404 g/mol. The van der Waals surface area contributed by atoms with Gasteiger partial charge in [-0.2, -0.15) is 12.6 Å². The van der Waals surface area contributed by atoms with Crippen LogP contribution >= 0.6 is 12.6 Å². The van der Waals surface area contributed by atoms with Crippen LogP contribution in [0.2, 0.25) is 0 Å². The van der Waals surface area contributed by atoms with E-state index in [0.29, 0.717) is 28.7 Å². The fourth-order valence-corrected chi connectivity index (χ4v) is 3.56. The van der Waals surface area contributed by atoms with Gasteiger partial charge in [-0.1, -0.05) is 48.5 Å². The molecule has 0 aliphatic heterocycles. The van der Waals surface area contributed by atoms with E-state index in [-0.39, 0.29) is 17.3 Å². The summed E-state index contributed by atoms with van der Waals surface area (Å²) in [6.07, 6.45) is 0. The first-order valence-corrected chi connectivity index (χ1v) is 9.95. The number of carbonyl (C=O) groups is 1. The van der Waals surface area contributed by atoms with Gasteiger partial charge in [0.25, 0.3) is 0 Å². The third-order valence-electron chi connectivity index (χ3n) is 4.89. The molecular weight excluding hydrogens is 382 g/mol. The zero-order valence-electron chi connectivity index (χ0n) is 15.7. The number of fused-ring (bicyclic) bond motifs is 2. The molecule has 1 aromatic heterocycles. The number of rotatable bonds is 6. The zero-order valence-corrected chi connectivity index (χ0v) is 16.6. The second kappa shape index (κ2) is 8.11. The van der Waals surface area contributed by atoms with Crippen molar-refractivity contribution in [3.63, 3.8) is 0 Å². The lowest BCUT2D eigenvalue weighted by Gasteiger charge is -2.18. The number of anilines is 1. The Morgan fingerprint density at radius 2 is 1.79 bits per heavy atom. The molecule has 0 fully saturated rings. The number of phenolic OH excluding ortho intramolecular Hbond substituents is 1. The Kier molecular flexibility index (Phi) is 5.38. The van der Waals surface area contributed by atoms with Gasteiger partial charge in [0.2, 0.25) is 0 Å². The van der Waals surface area contributed by atoms with Gasteiger partial charge in [0.05, 0.1) is 28.3 Å². The largest absolute Gasteiger partial charge is 0.506 e. The third kappa shape index (κ3) is 3.77. The number of pyridine rings is 1. The number of aromatic nitrogens is 1. The number of carbonyl (C=O) groups excluding carboxylic acids is 1. The van der Waals surface area contributed by atoms with Gasteiger partial charge in [-0.25, -0.2) is 4.98 Å². The van der Waals surface area contributed by atoms with Gasteiger partial charge < -0.3 is 16.2 Å². The lowest BCUT2D eigenvalue weighted by atomic mass is 9.96. The van der Waals surface area contributed by atoms with E-state index in [9.17, 15) is 9.90 Å². The van der Waals surface area contributed by atoms with Crippen LogP contribution in [0.1, 0.15) is 15.9 Å². The number of aromatic hydroxyl groups is 1. The second-order valence-electron chi connectivity index (χ2n) is 6.89. The van der Waals surface area contributed by atoms with Gasteiger partial charge in [-0.3, -0.25) is 4.79 Å². The second-order valence-corrected chi connectivity index (χ2v) is 7.25. The van der Waals surface area contributed by atoms with E-state index in [1.807, 2.05) is 60.7 Å². The van der Waals surface area contributed by atoms with Gasteiger partial charge in [0.1, 0.15) is 5.75 Å². The average Bonchev–Trinajstić information content (AvgIpc) is 2.75. The van der Waals surface area contributed by atoms with Gasteiger partial charge in [-0.15, -0.1) is 0 Å². The molecule has 3 aromatic carbocycles. The van der Waals surface area contributed by atoms with Crippen molar-refractivity contribution in [2.24, 2.45) is 5.73 Å². The Balaban J connectivity index is 1.91. The van der Waals surface area contributed by atoms with Crippen LogP contribution in [0.25, 0.3) is 21.8 Å². The molecule has 4 aromatic rings. The van der Waals surface area contributed by atoms with Gasteiger partial charge in [0.15, 0.2) is 5.78 Å². The SMILES string of the molecule is N[C@@H](CS)C(=O)c1c(NCc2ccccc2)c(O)cc2nc3ccccc3cc12. The smallest absolute Gasteiger partial charge is 0.183 e. The Morgan fingerprint density at radius 1 is 1.07 bits per heavy atom. The van der Waals surface area contributed by atoms with Crippen LogP contribution in [0.5, 0.6) is 5.75 Å². The molecule has 0 unspecified atom stereocenters. The number of Topliss-reactive ketones (excluding diaryl/α,β-unsaturated/α-hetero) is 1. The summed E-state index contributed by atoms with van der Waals surface area (Å²) in [6, 6.07) is 20.1. The first-order valence-electron chi connectivity index (χ1n) is 9.32. The number of para-hydroxylation sites is 1. The van der Waals surface area contributed by atoms with Crippen LogP contribution in [-0.4, -0.2) is 27.7 Å². The topological polar surface area (TPSA) is 88.2 Å². The molecule has 6 heteroatoms. The van der Waals surface area contributed by atoms with E-state index >= 15 is 0 Å². The summed E-state index contributed by atoms with van der Waals surface area (Å²) in [5.41, 5.74) is 9.09. The van der Waals surface area contributed by atoms with E-state index < -0.39 is 6.04 Å². The van der Waals surface area contributed by atoms with Crippen LogP contribution in [0.4, 0.5) is 5.69 Å². The summed E-state index contributed by atoms with van der Waals surface area (Å²) >= 11 is 4.18. The van der Waals surface area contributed by atoms with E-state index in [1.165, 1.54) is 0 Å². The molecule has 146 valence electrons. The molecule has 0 saturated heterocycles. The molecule has 29 heavy (non-hydrogen) atoms. The first-order chi connectivity index (χ1) is 14.1. The lowest BCUT2D eigenvalue weighted by Crippen LogP contribution is -2.33. The number of hydrogen-bond donors (Lipinski definition) is 4. The predicted molar refractivity (Wildman–Crippen MR) is 121 cm³/mol. The molecule has 4 N–H and O–H groups in total. The van der Waals surface area contributed by atoms with Crippen molar-refractivity contribution in [2.45, 2.75) is 12.6 Å². The minimum atomic E-state index is -0.785. The van der Waals surface area contributed by atoms with Crippen LogP contribution in [0, 0.1) is 0 Å². The summed E-state index contributed by atoms with van der Waals surface area (Å²) in [7, 11) is 0. The lowest BCUT2D eigenvalue weighted by molar-refractivity contribution is 0.0972. The monoisotopic (exact) mass is 403 g/mol. The fourth-order valence-electron chi connectivity index (χ4n) is 3.40. The van der Waals surface area contributed by atoms with Gasteiger partial charge >= 0.3 is 0 Å². The van der Waals surface area contributed by atoms with E-state index in [4.69, 9.17) is 5.73 Å². The molecule has 0 spiro atoms. The Bertz CT molecular complexity index is 1200. The van der Waals surface area contributed by atoms with Gasteiger partial charge in [-0.05, 0) is 17.7 Å². The van der Waals surface area contributed by atoms with Crippen molar-refractivity contribution in [1.82, 2.24) is 4.98 Å². The molecule has 0 aliphatic carbocycles. The summed E-state index contributed by atoms with van der Waals surface area (Å²) < 4.78 is 0. The molecule has 0 saturated carbocycles. The molecular formula is C23H21N3O2S. The van der Waals surface area contributed by atoms with Crippen molar-refractivity contribution >= 4 is 45.9 Å². The van der Waals surface area contributed by atoms with Gasteiger partial charge in [0, 0.05) is 29.1 Å². The van der Waals surface area contributed by atoms with Crippen molar-refractivity contribution < 1.29 is 9.90 Å². The number of nitrogens with zero attached hydrogens (tertiary/aromatic N) is 1. The fraction of sp³-hybridized carbons (Fsp3) is 0.130. The summed E-state index contributed by atoms with van der Waals surface area (Å²) in [6.45, 7) is 0.456. The molecule has 5 nitrogen and oxygen atoms in total. The maximum atomic E-state index is 13.2. The molecule has 0 amide bonds. The standard InChI is InChI=1S/C23H21N3O2S/c24-17(13-29)23(28)21-16-10-15-8-4-5-9-18(15)26-19(16)11-20(27)22(21)25-12-14-6-2-1-3-7-14/h1-11,17,25,27,29H,12-13,24H2/t17-/m0/s1. The molecule has 0 bridgehead atoms. The first kappa shape index (κ1) is 19.2. The van der Waals surface area contributed by atoms with E-state index in [1.54, 1.807) is 6.07 Å². The summed E-state index contributed by atoms with van der Waals surface area (Å²) in [4.78, 5) is 17.8. The summed E-state index contributed by atoms with van der Waals surface area (Å²) in [5, 5.41) is 15.5. The van der Waals surface area contributed by atoms with E-state index in [2.05, 4.69) is 22.9 Å². The highest BCUT2D eigenvalue weighted by molar-refractivity contribution is 7.80. The molecule has 0 aliphatic rings. The highest BCUT2D eigenvalue weighted by Gasteiger charge is 2.24. The van der Waals surface area contributed by atoms with Crippen LogP contribution in [0.3, 0.4) is 0 Å². The Labute approximate surface area is 174 Å².